The van der Waals surface area contributed by atoms with Crippen LogP contribution in [-0.4, -0.2) is 47.2 Å². The number of nitrogens with one attached hydrogen (secondary N) is 1. The number of carboxylic acid groups (broad SMARTS) is 1. The van der Waals surface area contributed by atoms with E-state index >= 15 is 0 Å². The van der Waals surface area contributed by atoms with Gasteiger partial charge in [0.2, 0.25) is 0 Å². The number of carbonyl (C=O) groups is 1. The van der Waals surface area contributed by atoms with Crippen LogP contribution in [0.3, 0.4) is 0 Å². The summed E-state index contributed by atoms with van der Waals surface area (Å²) in [5.74, 6) is 0.175. The lowest BCUT2D eigenvalue weighted by atomic mass is 9.95. The maximum absolute atomic E-state index is 11.6. The molecular formula is C15H28N2O2. The minimum atomic E-state index is -0.663. The standard InChI is InChI=1S/C15H28N2O2/c1-3-8-16-15(14(18)19)7-4-13(11-15)17-9-5-12(2)6-10-17/h12-13,16H,3-11H2,1-2H3,(H,18,19). The van der Waals surface area contributed by atoms with Gasteiger partial charge in [-0.25, -0.2) is 0 Å². The molecule has 4 heteroatoms. The molecule has 2 unspecified atom stereocenters. The number of nitrogens with zero attached hydrogens (tertiary/aromatic N) is 1. The van der Waals surface area contributed by atoms with Crippen LogP contribution in [0, 0.1) is 5.92 Å². The summed E-state index contributed by atoms with van der Waals surface area (Å²) in [5, 5.41) is 12.9. The molecule has 1 aliphatic heterocycles. The summed E-state index contributed by atoms with van der Waals surface area (Å²) >= 11 is 0. The van der Waals surface area contributed by atoms with Crippen LogP contribution in [-0.2, 0) is 4.79 Å². The summed E-state index contributed by atoms with van der Waals surface area (Å²) in [5.41, 5.74) is -0.663. The van der Waals surface area contributed by atoms with Crippen molar-refractivity contribution in [1.29, 1.82) is 0 Å². The van der Waals surface area contributed by atoms with Crippen molar-refractivity contribution >= 4 is 5.97 Å². The molecular weight excluding hydrogens is 240 g/mol. The summed E-state index contributed by atoms with van der Waals surface area (Å²) in [6, 6.07) is 0.466. The van der Waals surface area contributed by atoms with Gasteiger partial charge in [0.25, 0.3) is 0 Å². The highest BCUT2D eigenvalue weighted by atomic mass is 16.4. The molecule has 2 rings (SSSR count). The second-order valence-electron chi connectivity index (χ2n) is 6.43. The van der Waals surface area contributed by atoms with Crippen LogP contribution >= 0.6 is 0 Å². The van der Waals surface area contributed by atoms with Crippen LogP contribution < -0.4 is 5.32 Å². The molecule has 0 aromatic carbocycles. The molecule has 0 radical (unpaired) electrons. The zero-order valence-electron chi connectivity index (χ0n) is 12.3. The van der Waals surface area contributed by atoms with Crippen molar-refractivity contribution < 1.29 is 9.90 Å². The Kier molecular flexibility index (Phi) is 4.85. The quantitative estimate of drug-likeness (QED) is 0.801. The number of hydrogen-bond acceptors (Lipinski definition) is 3. The molecule has 1 saturated heterocycles. The average molecular weight is 268 g/mol. The lowest BCUT2D eigenvalue weighted by Crippen LogP contribution is -2.52. The Labute approximate surface area is 116 Å². The number of likely N-dealkylation sites (tertiary alicyclic amines) is 1. The second kappa shape index (κ2) is 6.23. The molecule has 1 heterocycles. The highest BCUT2D eigenvalue weighted by Crippen LogP contribution is 2.35. The van der Waals surface area contributed by atoms with Crippen LogP contribution in [0.5, 0.6) is 0 Å². The van der Waals surface area contributed by atoms with Crippen molar-refractivity contribution in [3.8, 4) is 0 Å². The zero-order chi connectivity index (χ0) is 13.9. The average Bonchev–Trinajstić information content (AvgIpc) is 2.83. The van der Waals surface area contributed by atoms with E-state index < -0.39 is 11.5 Å². The van der Waals surface area contributed by atoms with Crippen LogP contribution in [0.2, 0.25) is 0 Å². The van der Waals surface area contributed by atoms with Gasteiger partial charge in [0.1, 0.15) is 5.54 Å². The third-order valence-electron chi connectivity index (χ3n) is 4.95. The van der Waals surface area contributed by atoms with E-state index in [-0.39, 0.29) is 0 Å². The number of aliphatic carboxylic acids is 1. The van der Waals surface area contributed by atoms with Crippen molar-refractivity contribution in [2.45, 2.75) is 64.0 Å². The predicted molar refractivity (Wildman–Crippen MR) is 76.3 cm³/mol. The molecule has 0 aromatic heterocycles. The fourth-order valence-electron chi connectivity index (χ4n) is 3.52. The highest BCUT2D eigenvalue weighted by Gasteiger charge is 2.46. The van der Waals surface area contributed by atoms with Crippen molar-refractivity contribution in [2.24, 2.45) is 5.92 Å². The van der Waals surface area contributed by atoms with Gasteiger partial charge in [-0.05, 0) is 64.1 Å². The molecule has 19 heavy (non-hydrogen) atoms. The van der Waals surface area contributed by atoms with Gasteiger partial charge in [-0.2, -0.15) is 0 Å². The summed E-state index contributed by atoms with van der Waals surface area (Å²) in [7, 11) is 0. The van der Waals surface area contributed by atoms with Gasteiger partial charge in [-0.1, -0.05) is 13.8 Å². The summed E-state index contributed by atoms with van der Waals surface area (Å²) in [4.78, 5) is 14.2. The van der Waals surface area contributed by atoms with Gasteiger partial charge in [0, 0.05) is 6.04 Å². The minimum absolute atomic E-state index is 0.466. The number of rotatable bonds is 5. The van der Waals surface area contributed by atoms with E-state index in [1.807, 2.05) is 0 Å². The first-order valence-electron chi connectivity index (χ1n) is 7.80. The van der Waals surface area contributed by atoms with E-state index in [2.05, 4.69) is 24.1 Å². The van der Waals surface area contributed by atoms with E-state index in [0.717, 1.165) is 51.2 Å². The molecule has 1 aliphatic carbocycles. The number of piperidine rings is 1. The molecule has 2 fully saturated rings. The Morgan fingerprint density at radius 3 is 2.63 bits per heavy atom. The lowest BCUT2D eigenvalue weighted by molar-refractivity contribution is -0.144. The molecule has 2 atom stereocenters. The van der Waals surface area contributed by atoms with Gasteiger partial charge >= 0.3 is 5.97 Å². The van der Waals surface area contributed by atoms with Crippen LogP contribution in [0.4, 0.5) is 0 Å². The maximum Gasteiger partial charge on any atom is 0.323 e. The van der Waals surface area contributed by atoms with E-state index in [1.165, 1.54) is 12.8 Å². The largest absolute Gasteiger partial charge is 0.480 e. The van der Waals surface area contributed by atoms with E-state index in [4.69, 9.17) is 0 Å². The summed E-state index contributed by atoms with van der Waals surface area (Å²) in [6.45, 7) is 7.50. The number of hydrogen-bond donors (Lipinski definition) is 2. The second-order valence-corrected chi connectivity index (χ2v) is 6.43. The Hall–Kier alpha value is -0.610. The SMILES string of the molecule is CCCNC1(C(=O)O)CCC(N2CCC(C)CC2)C1. The molecule has 2 N–H and O–H groups in total. The van der Waals surface area contributed by atoms with Gasteiger partial charge in [-0.15, -0.1) is 0 Å². The Balaban J connectivity index is 1.94. The fraction of sp³-hybridized carbons (Fsp3) is 0.933. The number of carboxylic acids is 1. The van der Waals surface area contributed by atoms with Crippen molar-refractivity contribution in [2.75, 3.05) is 19.6 Å². The molecule has 110 valence electrons. The molecule has 0 amide bonds. The van der Waals surface area contributed by atoms with E-state index in [1.54, 1.807) is 0 Å². The van der Waals surface area contributed by atoms with Gasteiger partial charge < -0.3 is 15.3 Å². The maximum atomic E-state index is 11.6. The minimum Gasteiger partial charge on any atom is -0.480 e. The predicted octanol–water partition coefficient (Wildman–Crippen LogP) is 2.09. The molecule has 2 aliphatic rings. The smallest absolute Gasteiger partial charge is 0.323 e. The van der Waals surface area contributed by atoms with Gasteiger partial charge in [-0.3, -0.25) is 4.79 Å². The summed E-state index contributed by atoms with van der Waals surface area (Å²) < 4.78 is 0. The monoisotopic (exact) mass is 268 g/mol. The van der Waals surface area contributed by atoms with E-state index in [9.17, 15) is 9.90 Å². The first kappa shape index (κ1) is 14.8. The van der Waals surface area contributed by atoms with E-state index in [0.29, 0.717) is 6.04 Å². The highest BCUT2D eigenvalue weighted by molar-refractivity contribution is 5.79. The van der Waals surface area contributed by atoms with Crippen LogP contribution in [0.25, 0.3) is 0 Å². The molecule has 1 saturated carbocycles. The Bertz CT molecular complexity index is 313. The molecule has 0 spiro atoms. The Morgan fingerprint density at radius 2 is 2.05 bits per heavy atom. The topological polar surface area (TPSA) is 52.6 Å². The van der Waals surface area contributed by atoms with Gasteiger partial charge in [0.05, 0.1) is 0 Å². The van der Waals surface area contributed by atoms with Crippen LogP contribution in [0.1, 0.15) is 52.4 Å². The van der Waals surface area contributed by atoms with Gasteiger partial charge in [0.15, 0.2) is 0 Å². The van der Waals surface area contributed by atoms with Crippen molar-refractivity contribution in [1.82, 2.24) is 10.2 Å². The first-order valence-corrected chi connectivity index (χ1v) is 7.80. The normalized spacial score (nSPS) is 33.7. The lowest BCUT2D eigenvalue weighted by Gasteiger charge is -2.36. The fourth-order valence-corrected chi connectivity index (χ4v) is 3.52. The first-order chi connectivity index (χ1) is 9.07. The molecule has 0 bridgehead atoms. The van der Waals surface area contributed by atoms with Crippen molar-refractivity contribution in [3.05, 3.63) is 0 Å². The molecule has 0 aromatic rings. The van der Waals surface area contributed by atoms with Crippen molar-refractivity contribution in [3.63, 3.8) is 0 Å². The third-order valence-corrected chi connectivity index (χ3v) is 4.95. The third kappa shape index (κ3) is 3.29. The Morgan fingerprint density at radius 1 is 1.37 bits per heavy atom. The van der Waals surface area contributed by atoms with Crippen LogP contribution in [0.15, 0.2) is 0 Å². The zero-order valence-corrected chi connectivity index (χ0v) is 12.3. The summed E-state index contributed by atoms with van der Waals surface area (Å²) in [6.07, 6.45) is 6.09. The molecule has 4 nitrogen and oxygen atoms in total.